The first-order valence-corrected chi connectivity index (χ1v) is 4.92. The second kappa shape index (κ2) is 3.41. The molecule has 0 aromatic carbocycles. The van der Waals surface area contributed by atoms with E-state index >= 15 is 0 Å². The van der Waals surface area contributed by atoms with Crippen molar-refractivity contribution in [3.8, 4) is 0 Å². The number of rotatable bonds is 1. The molecule has 1 aromatic rings. The summed E-state index contributed by atoms with van der Waals surface area (Å²) in [6.07, 6.45) is -2.96. The lowest BCUT2D eigenvalue weighted by atomic mass is 9.88. The van der Waals surface area contributed by atoms with Gasteiger partial charge in [-0.3, -0.25) is 4.79 Å². The summed E-state index contributed by atoms with van der Waals surface area (Å²) in [6, 6.07) is 0. The monoisotopic (exact) mass is 246 g/mol. The Morgan fingerprint density at radius 3 is 2.71 bits per heavy atom. The van der Waals surface area contributed by atoms with E-state index in [1.807, 2.05) is 0 Å². The second-order valence-corrected chi connectivity index (χ2v) is 4.20. The minimum absolute atomic E-state index is 0.0210. The van der Waals surface area contributed by atoms with E-state index in [4.69, 9.17) is 5.11 Å². The molecule has 92 valence electrons. The van der Waals surface area contributed by atoms with Gasteiger partial charge in [-0.25, -0.2) is 9.97 Å². The van der Waals surface area contributed by atoms with Crippen LogP contribution in [-0.4, -0.2) is 21.0 Å². The molecule has 0 bridgehead atoms. The van der Waals surface area contributed by atoms with E-state index in [2.05, 4.69) is 9.97 Å². The first-order chi connectivity index (χ1) is 7.75. The van der Waals surface area contributed by atoms with Crippen LogP contribution in [0.25, 0.3) is 0 Å². The summed E-state index contributed by atoms with van der Waals surface area (Å²) >= 11 is 0. The van der Waals surface area contributed by atoms with Crippen molar-refractivity contribution in [3.63, 3.8) is 0 Å². The van der Waals surface area contributed by atoms with Crippen molar-refractivity contribution < 1.29 is 23.1 Å². The van der Waals surface area contributed by atoms with Crippen molar-refractivity contribution in [2.24, 2.45) is 0 Å². The van der Waals surface area contributed by atoms with Crippen LogP contribution in [0, 0.1) is 0 Å². The number of halogens is 3. The zero-order chi connectivity index (χ0) is 12.8. The van der Waals surface area contributed by atoms with Gasteiger partial charge in [-0.1, -0.05) is 0 Å². The molecule has 1 heterocycles. The number of hydrogen-bond donors (Lipinski definition) is 1. The standard InChI is InChI=1S/C10H9F3N2O2/c1-9(8(16)17)3-2-5-4-14-7(10(11,12)13)15-6(5)9/h4H,2-3H2,1H3,(H,16,17). The highest BCUT2D eigenvalue weighted by molar-refractivity contribution is 5.81. The first kappa shape index (κ1) is 11.8. The Morgan fingerprint density at radius 2 is 2.18 bits per heavy atom. The molecular formula is C10H9F3N2O2. The van der Waals surface area contributed by atoms with Crippen molar-refractivity contribution >= 4 is 5.97 Å². The molecule has 7 heteroatoms. The van der Waals surface area contributed by atoms with Crippen LogP contribution in [0.1, 0.15) is 30.4 Å². The maximum absolute atomic E-state index is 12.4. The van der Waals surface area contributed by atoms with Crippen LogP contribution in [0.5, 0.6) is 0 Å². The van der Waals surface area contributed by atoms with Crippen LogP contribution in [0.2, 0.25) is 0 Å². The molecule has 1 atom stereocenters. The molecule has 0 aliphatic heterocycles. The Hall–Kier alpha value is -1.66. The molecule has 4 nitrogen and oxygen atoms in total. The lowest BCUT2D eigenvalue weighted by Gasteiger charge is -2.18. The molecule has 1 aliphatic carbocycles. The summed E-state index contributed by atoms with van der Waals surface area (Å²) in [5.41, 5.74) is -0.895. The number of aliphatic carboxylic acids is 1. The molecule has 1 aromatic heterocycles. The smallest absolute Gasteiger partial charge is 0.451 e. The van der Waals surface area contributed by atoms with E-state index in [-0.39, 0.29) is 12.1 Å². The van der Waals surface area contributed by atoms with Crippen molar-refractivity contribution in [2.45, 2.75) is 31.4 Å². The van der Waals surface area contributed by atoms with Gasteiger partial charge in [0.2, 0.25) is 5.82 Å². The van der Waals surface area contributed by atoms with Crippen LogP contribution in [0.4, 0.5) is 13.2 Å². The van der Waals surface area contributed by atoms with Gasteiger partial charge in [-0.05, 0) is 25.3 Å². The highest BCUT2D eigenvalue weighted by atomic mass is 19.4. The Balaban J connectivity index is 2.55. The van der Waals surface area contributed by atoms with E-state index in [1.54, 1.807) is 0 Å². The molecule has 0 fully saturated rings. The third-order valence-electron chi connectivity index (χ3n) is 3.01. The highest BCUT2D eigenvalue weighted by Gasteiger charge is 2.45. The number of aryl methyl sites for hydroxylation is 1. The molecule has 0 radical (unpaired) electrons. The number of alkyl halides is 3. The quantitative estimate of drug-likeness (QED) is 0.820. The average molecular weight is 246 g/mol. The minimum atomic E-state index is -4.66. The largest absolute Gasteiger partial charge is 0.481 e. The fourth-order valence-corrected chi connectivity index (χ4v) is 1.92. The van der Waals surface area contributed by atoms with Crippen LogP contribution >= 0.6 is 0 Å². The lowest BCUT2D eigenvalue weighted by Crippen LogP contribution is -2.31. The Kier molecular flexibility index (Phi) is 2.37. The molecule has 1 aliphatic rings. The first-order valence-electron chi connectivity index (χ1n) is 4.92. The number of fused-ring (bicyclic) bond motifs is 1. The van der Waals surface area contributed by atoms with Gasteiger partial charge >= 0.3 is 12.1 Å². The lowest BCUT2D eigenvalue weighted by molar-refractivity contribution is -0.147. The van der Waals surface area contributed by atoms with Gasteiger partial charge in [-0.2, -0.15) is 13.2 Å². The van der Waals surface area contributed by atoms with Gasteiger partial charge in [0, 0.05) is 6.20 Å². The highest BCUT2D eigenvalue weighted by Crippen LogP contribution is 2.38. The maximum Gasteiger partial charge on any atom is 0.451 e. The average Bonchev–Trinajstić information content (AvgIpc) is 2.56. The predicted molar refractivity (Wildman–Crippen MR) is 50.3 cm³/mol. The van der Waals surface area contributed by atoms with E-state index < -0.39 is 23.4 Å². The molecule has 1 N–H and O–H groups in total. The summed E-state index contributed by atoms with van der Waals surface area (Å²) in [6.45, 7) is 1.38. The fourth-order valence-electron chi connectivity index (χ4n) is 1.92. The topological polar surface area (TPSA) is 63.1 Å². The summed E-state index contributed by atoms with van der Waals surface area (Å²) in [5, 5.41) is 9.07. The normalized spacial score (nSPS) is 23.5. The number of nitrogens with zero attached hydrogens (tertiary/aromatic N) is 2. The second-order valence-electron chi connectivity index (χ2n) is 4.20. The summed E-state index contributed by atoms with van der Waals surface area (Å²) < 4.78 is 37.3. The molecule has 0 spiro atoms. The van der Waals surface area contributed by atoms with Crippen molar-refractivity contribution in [3.05, 3.63) is 23.3 Å². The molecule has 1 unspecified atom stereocenters. The molecule has 17 heavy (non-hydrogen) atoms. The van der Waals surface area contributed by atoms with Crippen molar-refractivity contribution in [2.75, 3.05) is 0 Å². The third kappa shape index (κ3) is 1.75. The summed E-state index contributed by atoms with van der Waals surface area (Å²) in [7, 11) is 0. The fraction of sp³-hybridized carbons (Fsp3) is 0.500. The number of carboxylic acid groups (broad SMARTS) is 1. The molecule has 2 rings (SSSR count). The number of carboxylic acids is 1. The van der Waals surface area contributed by atoms with E-state index in [9.17, 15) is 18.0 Å². The SMILES string of the molecule is CC1(C(=O)O)CCc2cnc(C(F)(F)F)nc21. The Bertz CT molecular complexity index is 487. The van der Waals surface area contributed by atoms with Crippen LogP contribution in [-0.2, 0) is 22.8 Å². The van der Waals surface area contributed by atoms with E-state index in [0.717, 1.165) is 6.20 Å². The van der Waals surface area contributed by atoms with Crippen molar-refractivity contribution in [1.29, 1.82) is 0 Å². The minimum Gasteiger partial charge on any atom is -0.481 e. The van der Waals surface area contributed by atoms with E-state index in [1.165, 1.54) is 6.92 Å². The number of aromatic nitrogens is 2. The zero-order valence-corrected chi connectivity index (χ0v) is 8.88. The summed E-state index contributed by atoms with van der Waals surface area (Å²) in [5.74, 6) is -2.45. The predicted octanol–water partition coefficient (Wildman–Crippen LogP) is 1.78. The molecule has 0 saturated heterocycles. The van der Waals surface area contributed by atoms with Crippen LogP contribution in [0.15, 0.2) is 6.20 Å². The molecule has 0 saturated carbocycles. The van der Waals surface area contributed by atoms with Gasteiger partial charge in [0.25, 0.3) is 0 Å². The molecular weight excluding hydrogens is 237 g/mol. The van der Waals surface area contributed by atoms with Crippen LogP contribution in [0.3, 0.4) is 0 Å². The Labute approximate surface area is 94.5 Å². The van der Waals surface area contributed by atoms with Gasteiger partial charge in [0.05, 0.1) is 5.69 Å². The van der Waals surface area contributed by atoms with Gasteiger partial charge in [-0.15, -0.1) is 0 Å². The third-order valence-corrected chi connectivity index (χ3v) is 3.01. The number of hydrogen-bond acceptors (Lipinski definition) is 3. The summed E-state index contributed by atoms with van der Waals surface area (Å²) in [4.78, 5) is 17.7. The van der Waals surface area contributed by atoms with Gasteiger partial charge in [0.15, 0.2) is 0 Å². The zero-order valence-electron chi connectivity index (χ0n) is 8.88. The number of carbonyl (C=O) groups is 1. The van der Waals surface area contributed by atoms with Gasteiger partial charge < -0.3 is 5.11 Å². The van der Waals surface area contributed by atoms with Crippen molar-refractivity contribution in [1.82, 2.24) is 9.97 Å². The molecule has 0 amide bonds. The maximum atomic E-state index is 12.4. The van der Waals surface area contributed by atoms with Gasteiger partial charge in [0.1, 0.15) is 5.41 Å². The Morgan fingerprint density at radius 1 is 1.53 bits per heavy atom. The van der Waals surface area contributed by atoms with Crippen LogP contribution < -0.4 is 0 Å². The van der Waals surface area contributed by atoms with E-state index in [0.29, 0.717) is 12.0 Å².